The topological polar surface area (TPSA) is 69.1 Å². The molecule has 24 heavy (non-hydrogen) atoms. The Labute approximate surface area is 171 Å². The number of rotatable bonds is 6. The van der Waals surface area contributed by atoms with Crippen LogP contribution < -0.4 is 11.5 Å². The van der Waals surface area contributed by atoms with Crippen LogP contribution >= 0.6 is 56.7 Å². The van der Waals surface area contributed by atoms with Crippen molar-refractivity contribution in [3.05, 3.63) is 68.6 Å². The van der Waals surface area contributed by atoms with E-state index in [2.05, 4.69) is 31.9 Å². The second-order valence-electron chi connectivity index (χ2n) is 5.08. The van der Waals surface area contributed by atoms with Gasteiger partial charge in [-0.05, 0) is 35.4 Å². The monoisotopic (exact) mass is 496 g/mol. The van der Waals surface area contributed by atoms with Crippen LogP contribution in [-0.4, -0.2) is 18.9 Å². The molecule has 7 heteroatoms. The molecule has 0 amide bonds. The van der Waals surface area contributed by atoms with Crippen molar-refractivity contribution < 1.29 is 4.79 Å². The highest BCUT2D eigenvalue weighted by atomic mass is 79.9. The zero-order chi connectivity index (χ0) is 16.1. The summed E-state index contributed by atoms with van der Waals surface area (Å²) >= 11 is 6.80. The van der Waals surface area contributed by atoms with Crippen molar-refractivity contribution in [2.75, 3.05) is 13.1 Å². The van der Waals surface area contributed by atoms with Crippen molar-refractivity contribution in [1.29, 1.82) is 0 Å². The van der Waals surface area contributed by atoms with Crippen LogP contribution in [0.4, 0.5) is 0 Å². The fraction of sp³-hybridized carbons (Fsp3) is 0.235. The highest BCUT2D eigenvalue weighted by Gasteiger charge is 2.27. The summed E-state index contributed by atoms with van der Waals surface area (Å²) in [7, 11) is 0. The largest absolute Gasteiger partial charge is 0.329 e. The summed E-state index contributed by atoms with van der Waals surface area (Å²) in [6, 6.07) is 15.4. The SMILES string of the molecule is Cl.Cl.NCC(C(=O)C(CN)c1ccc(Br)cc1)c1ccc(Br)cc1. The van der Waals surface area contributed by atoms with Crippen molar-refractivity contribution in [2.24, 2.45) is 11.5 Å². The lowest BCUT2D eigenvalue weighted by molar-refractivity contribution is -0.121. The summed E-state index contributed by atoms with van der Waals surface area (Å²) in [4.78, 5) is 12.9. The molecule has 0 radical (unpaired) electrons. The summed E-state index contributed by atoms with van der Waals surface area (Å²) in [6.07, 6.45) is 0. The molecule has 2 aromatic carbocycles. The van der Waals surface area contributed by atoms with Crippen LogP contribution in [-0.2, 0) is 4.79 Å². The lowest BCUT2D eigenvalue weighted by atomic mass is 9.84. The summed E-state index contributed by atoms with van der Waals surface area (Å²) in [5, 5.41) is 0. The third-order valence-electron chi connectivity index (χ3n) is 3.70. The maximum absolute atomic E-state index is 12.9. The van der Waals surface area contributed by atoms with E-state index in [-0.39, 0.29) is 55.5 Å². The maximum Gasteiger partial charge on any atom is 0.150 e. The summed E-state index contributed by atoms with van der Waals surface area (Å²) < 4.78 is 1.95. The average molecular weight is 499 g/mol. The molecular formula is C17H20Br2Cl2N2O. The van der Waals surface area contributed by atoms with Crippen LogP contribution in [0.15, 0.2) is 57.5 Å². The predicted octanol–water partition coefficient (Wildman–Crippen LogP) is 4.41. The van der Waals surface area contributed by atoms with Gasteiger partial charge in [-0.2, -0.15) is 0 Å². The molecule has 0 spiro atoms. The van der Waals surface area contributed by atoms with Crippen molar-refractivity contribution in [3.63, 3.8) is 0 Å². The molecule has 0 aliphatic carbocycles. The molecule has 0 saturated carbocycles. The molecule has 0 aromatic heterocycles. The molecule has 2 aromatic rings. The molecule has 0 aliphatic rings. The fourth-order valence-electron chi connectivity index (χ4n) is 2.47. The number of halogens is 4. The first-order chi connectivity index (χ1) is 10.6. The van der Waals surface area contributed by atoms with Gasteiger partial charge >= 0.3 is 0 Å². The molecular weight excluding hydrogens is 479 g/mol. The van der Waals surface area contributed by atoms with Gasteiger partial charge in [-0.25, -0.2) is 0 Å². The van der Waals surface area contributed by atoms with Gasteiger partial charge in [0, 0.05) is 22.0 Å². The van der Waals surface area contributed by atoms with E-state index >= 15 is 0 Å². The zero-order valence-electron chi connectivity index (χ0n) is 12.8. The van der Waals surface area contributed by atoms with Gasteiger partial charge in [0.2, 0.25) is 0 Å². The van der Waals surface area contributed by atoms with E-state index in [1.54, 1.807) is 0 Å². The first-order valence-electron chi connectivity index (χ1n) is 7.01. The molecule has 2 rings (SSSR count). The quantitative estimate of drug-likeness (QED) is 0.620. The van der Waals surface area contributed by atoms with Crippen LogP contribution in [0, 0.1) is 0 Å². The highest BCUT2D eigenvalue weighted by molar-refractivity contribution is 9.10. The Kier molecular flexibility index (Phi) is 11.0. The lowest BCUT2D eigenvalue weighted by Crippen LogP contribution is -2.30. The number of hydrogen-bond donors (Lipinski definition) is 2. The van der Waals surface area contributed by atoms with Gasteiger partial charge in [0.25, 0.3) is 0 Å². The lowest BCUT2D eigenvalue weighted by Gasteiger charge is -2.21. The van der Waals surface area contributed by atoms with Crippen molar-refractivity contribution in [1.82, 2.24) is 0 Å². The van der Waals surface area contributed by atoms with Crippen molar-refractivity contribution >= 4 is 62.5 Å². The van der Waals surface area contributed by atoms with Gasteiger partial charge in [0.15, 0.2) is 0 Å². The van der Waals surface area contributed by atoms with Crippen molar-refractivity contribution in [3.8, 4) is 0 Å². The zero-order valence-corrected chi connectivity index (χ0v) is 17.6. The fourth-order valence-corrected chi connectivity index (χ4v) is 2.99. The van der Waals surface area contributed by atoms with E-state index in [4.69, 9.17) is 11.5 Å². The molecule has 0 bridgehead atoms. The third kappa shape index (κ3) is 5.83. The Morgan fingerprint density at radius 3 is 1.29 bits per heavy atom. The number of ketones is 1. The molecule has 2 atom stereocenters. The Bertz CT molecular complexity index is 581. The van der Waals surface area contributed by atoms with Gasteiger partial charge < -0.3 is 11.5 Å². The van der Waals surface area contributed by atoms with Gasteiger partial charge in [0.1, 0.15) is 5.78 Å². The third-order valence-corrected chi connectivity index (χ3v) is 4.76. The van der Waals surface area contributed by atoms with E-state index in [0.29, 0.717) is 0 Å². The second-order valence-corrected chi connectivity index (χ2v) is 6.91. The van der Waals surface area contributed by atoms with Gasteiger partial charge in [-0.1, -0.05) is 56.1 Å². The van der Waals surface area contributed by atoms with Gasteiger partial charge in [-0.15, -0.1) is 24.8 Å². The average Bonchev–Trinajstić information content (AvgIpc) is 2.52. The first kappa shape index (κ1) is 23.6. The van der Waals surface area contributed by atoms with E-state index < -0.39 is 0 Å². The van der Waals surface area contributed by atoms with Crippen LogP contribution in [0.3, 0.4) is 0 Å². The summed E-state index contributed by atoms with van der Waals surface area (Å²) in [6.45, 7) is 0.543. The predicted molar refractivity (Wildman–Crippen MR) is 111 cm³/mol. The standard InChI is InChI=1S/C17H18Br2N2O.2ClH/c18-13-5-1-11(2-6-13)15(9-20)17(22)16(10-21)12-3-7-14(19)8-4-12;;/h1-8,15-16H,9-10,20-21H2;2*1H. The maximum atomic E-state index is 12.9. The molecule has 132 valence electrons. The van der Waals surface area contributed by atoms with Gasteiger partial charge in [-0.3, -0.25) is 4.79 Å². The number of hydrogen-bond acceptors (Lipinski definition) is 3. The molecule has 0 aliphatic heterocycles. The number of carbonyl (C=O) groups excluding carboxylic acids is 1. The minimum absolute atomic E-state index is 0. The molecule has 4 N–H and O–H groups in total. The van der Waals surface area contributed by atoms with E-state index in [0.717, 1.165) is 20.1 Å². The molecule has 0 saturated heterocycles. The minimum atomic E-state index is -0.342. The number of carbonyl (C=O) groups is 1. The Hall–Kier alpha value is -0.430. The summed E-state index contributed by atoms with van der Waals surface area (Å²) in [5.41, 5.74) is 13.6. The molecule has 3 nitrogen and oxygen atoms in total. The summed E-state index contributed by atoms with van der Waals surface area (Å²) in [5.74, 6) is -0.620. The van der Waals surface area contributed by atoms with Gasteiger partial charge in [0.05, 0.1) is 11.8 Å². The van der Waals surface area contributed by atoms with Crippen LogP contribution in [0.5, 0.6) is 0 Å². The van der Waals surface area contributed by atoms with Crippen LogP contribution in [0.1, 0.15) is 23.0 Å². The number of nitrogens with two attached hydrogens (primary N) is 2. The second kappa shape index (κ2) is 11.2. The van der Waals surface area contributed by atoms with Crippen LogP contribution in [0.25, 0.3) is 0 Å². The first-order valence-corrected chi connectivity index (χ1v) is 8.60. The highest BCUT2D eigenvalue weighted by Crippen LogP contribution is 2.27. The Morgan fingerprint density at radius 2 is 1.04 bits per heavy atom. The smallest absolute Gasteiger partial charge is 0.150 e. The molecule has 0 fully saturated rings. The van der Waals surface area contributed by atoms with E-state index in [1.807, 2.05) is 48.5 Å². The molecule has 0 heterocycles. The van der Waals surface area contributed by atoms with Crippen LogP contribution in [0.2, 0.25) is 0 Å². The van der Waals surface area contributed by atoms with E-state index in [9.17, 15) is 4.79 Å². The Balaban J connectivity index is 0.00000264. The number of benzene rings is 2. The normalized spacial score (nSPS) is 12.5. The van der Waals surface area contributed by atoms with Crippen molar-refractivity contribution in [2.45, 2.75) is 11.8 Å². The molecule has 2 unspecified atom stereocenters. The minimum Gasteiger partial charge on any atom is -0.329 e. The Morgan fingerprint density at radius 1 is 0.750 bits per heavy atom. The van der Waals surface area contributed by atoms with E-state index in [1.165, 1.54) is 0 Å². The number of Topliss-reactive ketones (excluding diaryl/α,β-unsaturated/α-hetero) is 1.